The first kappa shape index (κ1) is 13.7. The van der Waals surface area contributed by atoms with Gasteiger partial charge in [-0.15, -0.1) is 0 Å². The molecular weight excluding hydrogens is 244 g/mol. The molecule has 2 rings (SSSR count). The highest BCUT2D eigenvalue weighted by Gasteiger charge is 2.31. The van der Waals surface area contributed by atoms with Crippen LogP contribution in [0.5, 0.6) is 0 Å². The van der Waals surface area contributed by atoms with Crippen LogP contribution >= 0.6 is 0 Å². The molecule has 2 N–H and O–H groups in total. The lowest BCUT2D eigenvalue weighted by Gasteiger charge is -2.44. The standard InChI is InChI=1S/C14H20N2O3/c1-14(2)9-19-7-6-16(14)10-4-5-12(15)11(8-10)13(17)18-3/h4-5,8H,6-7,9,15H2,1-3H3. The molecule has 5 heteroatoms. The molecule has 0 unspecified atom stereocenters. The minimum atomic E-state index is -0.412. The van der Waals surface area contributed by atoms with Crippen LogP contribution in [0.25, 0.3) is 0 Å². The minimum Gasteiger partial charge on any atom is -0.465 e. The number of carbonyl (C=O) groups is 1. The Bertz CT molecular complexity index is 486. The van der Waals surface area contributed by atoms with Crippen molar-refractivity contribution in [1.29, 1.82) is 0 Å². The van der Waals surface area contributed by atoms with Crippen LogP contribution < -0.4 is 10.6 Å². The summed E-state index contributed by atoms with van der Waals surface area (Å²) in [5.74, 6) is -0.412. The van der Waals surface area contributed by atoms with E-state index in [2.05, 4.69) is 18.7 Å². The van der Waals surface area contributed by atoms with E-state index in [0.29, 0.717) is 24.5 Å². The number of nitrogens with zero attached hydrogens (tertiary/aromatic N) is 1. The maximum absolute atomic E-state index is 11.7. The summed E-state index contributed by atoms with van der Waals surface area (Å²) in [6, 6.07) is 5.45. The average molecular weight is 264 g/mol. The van der Waals surface area contributed by atoms with E-state index in [-0.39, 0.29) is 5.54 Å². The number of ether oxygens (including phenoxy) is 2. The summed E-state index contributed by atoms with van der Waals surface area (Å²) in [6.45, 7) is 6.35. The van der Waals surface area contributed by atoms with Crippen LogP contribution in [0.15, 0.2) is 18.2 Å². The Morgan fingerprint density at radius 2 is 2.21 bits per heavy atom. The summed E-state index contributed by atoms with van der Waals surface area (Å²) in [4.78, 5) is 13.9. The fourth-order valence-electron chi connectivity index (χ4n) is 2.34. The molecule has 1 aliphatic rings. The van der Waals surface area contributed by atoms with Crippen LogP contribution in [0.1, 0.15) is 24.2 Å². The van der Waals surface area contributed by atoms with E-state index in [4.69, 9.17) is 15.2 Å². The lowest BCUT2D eigenvalue weighted by atomic mass is 10.0. The number of rotatable bonds is 2. The van der Waals surface area contributed by atoms with Crippen LogP contribution in [0, 0.1) is 0 Å². The maximum atomic E-state index is 11.7. The van der Waals surface area contributed by atoms with E-state index < -0.39 is 5.97 Å². The number of hydrogen-bond acceptors (Lipinski definition) is 5. The van der Waals surface area contributed by atoms with Gasteiger partial charge in [-0.3, -0.25) is 0 Å². The van der Waals surface area contributed by atoms with Crippen LogP contribution in [0.4, 0.5) is 11.4 Å². The molecule has 104 valence electrons. The molecule has 1 aromatic rings. The van der Waals surface area contributed by atoms with Crippen LogP contribution in [0.3, 0.4) is 0 Å². The first-order valence-electron chi connectivity index (χ1n) is 6.29. The van der Waals surface area contributed by atoms with E-state index in [1.165, 1.54) is 7.11 Å². The molecular formula is C14H20N2O3. The predicted molar refractivity (Wildman–Crippen MR) is 74.4 cm³/mol. The molecule has 1 saturated heterocycles. The Morgan fingerprint density at radius 1 is 1.47 bits per heavy atom. The van der Waals surface area contributed by atoms with Gasteiger partial charge < -0.3 is 20.1 Å². The molecule has 0 aromatic heterocycles. The largest absolute Gasteiger partial charge is 0.465 e. The second kappa shape index (κ2) is 5.09. The Morgan fingerprint density at radius 3 is 2.84 bits per heavy atom. The number of carbonyl (C=O) groups excluding carboxylic acids is 1. The van der Waals surface area contributed by atoms with Crippen molar-refractivity contribution in [2.75, 3.05) is 37.5 Å². The third-order valence-corrected chi connectivity index (χ3v) is 3.40. The molecule has 1 heterocycles. The number of esters is 1. The van der Waals surface area contributed by atoms with Crippen molar-refractivity contribution in [2.24, 2.45) is 0 Å². The van der Waals surface area contributed by atoms with Crippen LogP contribution in [0.2, 0.25) is 0 Å². The zero-order valence-corrected chi connectivity index (χ0v) is 11.6. The van der Waals surface area contributed by atoms with Gasteiger partial charge >= 0.3 is 5.97 Å². The molecule has 0 bridgehead atoms. The fraction of sp³-hybridized carbons (Fsp3) is 0.500. The first-order chi connectivity index (χ1) is 8.95. The lowest BCUT2D eigenvalue weighted by Crippen LogP contribution is -2.53. The van der Waals surface area contributed by atoms with Gasteiger partial charge in [-0.05, 0) is 32.0 Å². The number of anilines is 2. The summed E-state index contributed by atoms with van der Waals surface area (Å²) in [6.07, 6.45) is 0. The van der Waals surface area contributed by atoms with Crippen molar-refractivity contribution in [2.45, 2.75) is 19.4 Å². The van der Waals surface area contributed by atoms with Gasteiger partial charge in [0.25, 0.3) is 0 Å². The smallest absolute Gasteiger partial charge is 0.340 e. The number of nitrogen functional groups attached to an aromatic ring is 1. The van der Waals surface area contributed by atoms with Crippen molar-refractivity contribution in [3.8, 4) is 0 Å². The van der Waals surface area contributed by atoms with Gasteiger partial charge in [0.15, 0.2) is 0 Å². The number of morpholine rings is 1. The average Bonchev–Trinajstić information content (AvgIpc) is 2.38. The Hall–Kier alpha value is -1.75. The van der Waals surface area contributed by atoms with Crippen molar-refractivity contribution in [3.05, 3.63) is 23.8 Å². The first-order valence-corrected chi connectivity index (χ1v) is 6.29. The normalized spacial score (nSPS) is 18.2. The number of benzene rings is 1. The zero-order valence-electron chi connectivity index (χ0n) is 11.6. The van der Waals surface area contributed by atoms with Gasteiger partial charge in [-0.2, -0.15) is 0 Å². The molecule has 0 spiro atoms. The van der Waals surface area contributed by atoms with Gasteiger partial charge in [0.1, 0.15) is 0 Å². The molecule has 19 heavy (non-hydrogen) atoms. The van der Waals surface area contributed by atoms with Gasteiger partial charge in [0.2, 0.25) is 0 Å². The highest BCUT2D eigenvalue weighted by atomic mass is 16.5. The second-order valence-electron chi connectivity index (χ2n) is 5.28. The van der Waals surface area contributed by atoms with Crippen molar-refractivity contribution in [3.63, 3.8) is 0 Å². The highest BCUT2D eigenvalue weighted by Crippen LogP contribution is 2.29. The lowest BCUT2D eigenvalue weighted by molar-refractivity contribution is 0.0600. The third-order valence-electron chi connectivity index (χ3n) is 3.40. The summed E-state index contributed by atoms with van der Waals surface area (Å²) in [7, 11) is 1.35. The second-order valence-corrected chi connectivity index (χ2v) is 5.28. The molecule has 5 nitrogen and oxygen atoms in total. The maximum Gasteiger partial charge on any atom is 0.340 e. The van der Waals surface area contributed by atoms with E-state index in [9.17, 15) is 4.79 Å². The van der Waals surface area contributed by atoms with Gasteiger partial charge in [-0.1, -0.05) is 0 Å². The van der Waals surface area contributed by atoms with Crippen molar-refractivity contribution >= 4 is 17.3 Å². The fourth-order valence-corrected chi connectivity index (χ4v) is 2.34. The summed E-state index contributed by atoms with van der Waals surface area (Å²) in [5, 5.41) is 0. The van der Waals surface area contributed by atoms with Crippen molar-refractivity contribution in [1.82, 2.24) is 0 Å². The predicted octanol–water partition coefficient (Wildman–Crippen LogP) is 1.67. The number of nitrogens with two attached hydrogens (primary N) is 1. The molecule has 0 atom stereocenters. The SMILES string of the molecule is COC(=O)c1cc(N2CCOCC2(C)C)ccc1N. The van der Waals surface area contributed by atoms with Crippen LogP contribution in [-0.2, 0) is 9.47 Å². The highest BCUT2D eigenvalue weighted by molar-refractivity contribution is 5.96. The monoisotopic (exact) mass is 264 g/mol. The van der Waals surface area contributed by atoms with Gasteiger partial charge in [0.05, 0.1) is 31.4 Å². The Kier molecular flexibility index (Phi) is 3.66. The van der Waals surface area contributed by atoms with Crippen LogP contribution in [-0.4, -0.2) is 38.4 Å². The van der Waals surface area contributed by atoms with E-state index in [1.54, 1.807) is 12.1 Å². The van der Waals surface area contributed by atoms with E-state index in [0.717, 1.165) is 12.2 Å². The van der Waals surface area contributed by atoms with Gasteiger partial charge in [0, 0.05) is 17.9 Å². The minimum absolute atomic E-state index is 0.109. The number of hydrogen-bond donors (Lipinski definition) is 1. The molecule has 1 aliphatic heterocycles. The Labute approximate surface area is 113 Å². The zero-order chi connectivity index (χ0) is 14.0. The molecule has 1 fully saturated rings. The van der Waals surface area contributed by atoms with E-state index >= 15 is 0 Å². The molecule has 1 aromatic carbocycles. The van der Waals surface area contributed by atoms with E-state index in [1.807, 2.05) is 6.07 Å². The molecule has 0 saturated carbocycles. The molecule has 0 radical (unpaired) electrons. The summed E-state index contributed by atoms with van der Waals surface area (Å²) < 4.78 is 10.3. The quantitative estimate of drug-likeness (QED) is 0.650. The Balaban J connectivity index is 2.37. The third kappa shape index (κ3) is 2.66. The van der Waals surface area contributed by atoms with Gasteiger partial charge in [-0.25, -0.2) is 4.79 Å². The number of methoxy groups -OCH3 is 1. The van der Waals surface area contributed by atoms with Crippen molar-refractivity contribution < 1.29 is 14.3 Å². The molecule has 0 amide bonds. The topological polar surface area (TPSA) is 64.8 Å². The summed E-state index contributed by atoms with van der Waals surface area (Å²) >= 11 is 0. The summed E-state index contributed by atoms with van der Waals surface area (Å²) in [5.41, 5.74) is 7.51. The molecule has 0 aliphatic carbocycles.